The Kier molecular flexibility index (Phi) is 5.11. The molecular formula is C22H23ClN2O2. The van der Waals surface area contributed by atoms with Crippen LogP contribution in [0.25, 0.3) is 5.57 Å². The number of nitrogens with zero attached hydrogens (tertiary/aromatic N) is 1. The molecule has 1 N–H and O–H groups in total. The largest absolute Gasteiger partial charge is 0.350 e. The summed E-state index contributed by atoms with van der Waals surface area (Å²) in [7, 11) is 0. The molecule has 0 saturated carbocycles. The third-order valence-electron chi connectivity index (χ3n) is 4.89. The first-order chi connectivity index (χ1) is 12.7. The van der Waals surface area contributed by atoms with Crippen molar-refractivity contribution < 1.29 is 9.59 Å². The summed E-state index contributed by atoms with van der Waals surface area (Å²) in [4.78, 5) is 27.4. The lowest BCUT2D eigenvalue weighted by molar-refractivity contribution is -0.138. The fourth-order valence-electron chi connectivity index (χ4n) is 3.16. The number of hydrogen-bond donors (Lipinski definition) is 1. The molecule has 0 bridgehead atoms. The highest BCUT2D eigenvalue weighted by Gasteiger charge is 2.40. The average Bonchev–Trinajstić information content (AvgIpc) is 2.84. The molecule has 4 nitrogen and oxygen atoms in total. The van der Waals surface area contributed by atoms with Crippen LogP contribution in [0.5, 0.6) is 0 Å². The Morgan fingerprint density at radius 3 is 2.19 bits per heavy atom. The molecule has 0 fully saturated rings. The summed E-state index contributed by atoms with van der Waals surface area (Å²) in [5, 5.41) is 3.74. The first-order valence-corrected chi connectivity index (χ1v) is 9.31. The molecule has 0 aliphatic carbocycles. The van der Waals surface area contributed by atoms with E-state index in [0.29, 0.717) is 22.0 Å². The highest BCUT2D eigenvalue weighted by molar-refractivity contribution is 6.37. The Bertz CT molecular complexity index is 976. The molecule has 140 valence electrons. The highest BCUT2D eigenvalue weighted by atomic mass is 35.5. The first-order valence-electron chi connectivity index (χ1n) is 8.93. The zero-order valence-electron chi connectivity index (χ0n) is 16.2. The van der Waals surface area contributed by atoms with E-state index >= 15 is 0 Å². The van der Waals surface area contributed by atoms with E-state index < -0.39 is 0 Å². The van der Waals surface area contributed by atoms with Gasteiger partial charge in [-0.3, -0.25) is 14.5 Å². The summed E-state index contributed by atoms with van der Waals surface area (Å²) < 4.78 is 0. The van der Waals surface area contributed by atoms with Gasteiger partial charge in [-0.05, 0) is 69.0 Å². The first kappa shape index (κ1) is 19.2. The maximum absolute atomic E-state index is 13.1. The van der Waals surface area contributed by atoms with Crippen LogP contribution in [0.4, 0.5) is 5.69 Å². The summed E-state index contributed by atoms with van der Waals surface area (Å²) in [5.74, 6) is -0.594. The van der Waals surface area contributed by atoms with Crippen molar-refractivity contribution in [3.8, 4) is 0 Å². The van der Waals surface area contributed by atoms with Gasteiger partial charge in [0.05, 0.1) is 5.57 Å². The molecule has 0 saturated heterocycles. The fourth-order valence-corrected chi connectivity index (χ4v) is 3.33. The SMILES string of the molecule is Cc1ccc(C2=C(Nc3cc(Cl)ccc3C)C(=O)N(C(C)C)C2=O)cc1C. The lowest BCUT2D eigenvalue weighted by atomic mass is 9.99. The van der Waals surface area contributed by atoms with Gasteiger partial charge in [-0.15, -0.1) is 0 Å². The zero-order valence-corrected chi connectivity index (χ0v) is 16.9. The van der Waals surface area contributed by atoms with Gasteiger partial charge in [0.25, 0.3) is 11.8 Å². The predicted molar refractivity (Wildman–Crippen MR) is 110 cm³/mol. The molecule has 0 unspecified atom stereocenters. The lowest BCUT2D eigenvalue weighted by Crippen LogP contribution is -2.38. The van der Waals surface area contributed by atoms with Crippen LogP contribution in [0.1, 0.15) is 36.1 Å². The Labute approximate surface area is 164 Å². The lowest BCUT2D eigenvalue weighted by Gasteiger charge is -2.19. The van der Waals surface area contributed by atoms with Crippen molar-refractivity contribution >= 4 is 34.7 Å². The molecule has 1 heterocycles. The van der Waals surface area contributed by atoms with E-state index in [9.17, 15) is 9.59 Å². The van der Waals surface area contributed by atoms with Crippen LogP contribution in [0.3, 0.4) is 0 Å². The molecule has 0 aromatic heterocycles. The van der Waals surface area contributed by atoms with Gasteiger partial charge in [0, 0.05) is 16.8 Å². The molecule has 2 aromatic carbocycles. The summed E-state index contributed by atoms with van der Waals surface area (Å²) >= 11 is 6.12. The number of aryl methyl sites for hydroxylation is 3. The quantitative estimate of drug-likeness (QED) is 0.768. The third kappa shape index (κ3) is 3.50. The van der Waals surface area contributed by atoms with Crippen LogP contribution in [-0.4, -0.2) is 22.8 Å². The second-order valence-corrected chi connectivity index (χ2v) is 7.64. The molecule has 0 radical (unpaired) electrons. The van der Waals surface area contributed by atoms with E-state index in [4.69, 9.17) is 11.6 Å². The molecule has 3 rings (SSSR count). The van der Waals surface area contributed by atoms with Crippen molar-refractivity contribution in [2.24, 2.45) is 0 Å². The highest BCUT2D eigenvalue weighted by Crippen LogP contribution is 2.33. The predicted octanol–water partition coefficient (Wildman–Crippen LogP) is 4.87. The van der Waals surface area contributed by atoms with Gasteiger partial charge in [0.15, 0.2) is 0 Å². The number of amides is 2. The molecule has 2 aromatic rings. The zero-order chi connectivity index (χ0) is 19.9. The van der Waals surface area contributed by atoms with Crippen LogP contribution in [-0.2, 0) is 9.59 Å². The number of benzene rings is 2. The number of anilines is 1. The van der Waals surface area contributed by atoms with Gasteiger partial charge in [0.1, 0.15) is 5.70 Å². The van der Waals surface area contributed by atoms with E-state index in [1.807, 2.05) is 58.9 Å². The molecule has 0 spiro atoms. The summed E-state index contributed by atoms with van der Waals surface area (Å²) in [5.41, 5.74) is 5.29. The van der Waals surface area contributed by atoms with Crippen molar-refractivity contribution in [1.29, 1.82) is 0 Å². The summed E-state index contributed by atoms with van der Waals surface area (Å²) in [6, 6.07) is 11.0. The van der Waals surface area contributed by atoms with Gasteiger partial charge < -0.3 is 5.32 Å². The van der Waals surface area contributed by atoms with Crippen LogP contribution < -0.4 is 5.32 Å². The second kappa shape index (κ2) is 7.20. The van der Waals surface area contributed by atoms with Gasteiger partial charge in [-0.2, -0.15) is 0 Å². The smallest absolute Gasteiger partial charge is 0.278 e. The van der Waals surface area contributed by atoms with Crippen molar-refractivity contribution in [3.63, 3.8) is 0 Å². The topological polar surface area (TPSA) is 49.4 Å². The van der Waals surface area contributed by atoms with Gasteiger partial charge in [-0.25, -0.2) is 0 Å². The number of nitrogens with one attached hydrogen (secondary N) is 1. The average molecular weight is 383 g/mol. The Morgan fingerprint density at radius 2 is 1.56 bits per heavy atom. The number of halogens is 1. The molecule has 27 heavy (non-hydrogen) atoms. The number of carbonyl (C=O) groups excluding carboxylic acids is 2. The van der Waals surface area contributed by atoms with E-state index in [1.165, 1.54) is 4.90 Å². The monoisotopic (exact) mass is 382 g/mol. The second-order valence-electron chi connectivity index (χ2n) is 7.21. The third-order valence-corrected chi connectivity index (χ3v) is 5.12. The summed E-state index contributed by atoms with van der Waals surface area (Å²) in [6.07, 6.45) is 0. The van der Waals surface area contributed by atoms with Crippen molar-refractivity contribution in [2.45, 2.75) is 40.7 Å². The van der Waals surface area contributed by atoms with Crippen LogP contribution in [0, 0.1) is 20.8 Å². The Balaban J connectivity index is 2.17. The minimum Gasteiger partial charge on any atom is -0.350 e. The van der Waals surface area contributed by atoms with E-state index in [1.54, 1.807) is 12.1 Å². The van der Waals surface area contributed by atoms with Gasteiger partial charge >= 0.3 is 0 Å². The Hall–Kier alpha value is -2.59. The van der Waals surface area contributed by atoms with Crippen molar-refractivity contribution in [3.05, 3.63) is 69.4 Å². The number of imide groups is 1. The summed E-state index contributed by atoms with van der Waals surface area (Å²) in [6.45, 7) is 9.61. The maximum atomic E-state index is 13.1. The van der Waals surface area contributed by atoms with Crippen molar-refractivity contribution in [2.75, 3.05) is 5.32 Å². The number of carbonyl (C=O) groups is 2. The molecule has 1 aliphatic heterocycles. The van der Waals surface area contributed by atoms with Crippen LogP contribution in [0.15, 0.2) is 42.1 Å². The van der Waals surface area contributed by atoms with Crippen LogP contribution >= 0.6 is 11.6 Å². The fraction of sp³-hybridized carbons (Fsp3) is 0.273. The number of hydrogen-bond acceptors (Lipinski definition) is 3. The van der Waals surface area contributed by atoms with E-state index in [0.717, 1.165) is 22.3 Å². The van der Waals surface area contributed by atoms with Gasteiger partial charge in [0.2, 0.25) is 0 Å². The normalized spacial score (nSPS) is 14.6. The standard InChI is InChI=1S/C22H23ClN2O2/c1-12(2)25-21(26)19(16-8-6-13(3)15(5)10-16)20(22(25)27)24-18-11-17(23)9-7-14(18)4/h6-12,24H,1-5H3. The van der Waals surface area contributed by atoms with Crippen LogP contribution in [0.2, 0.25) is 5.02 Å². The Morgan fingerprint density at radius 1 is 0.889 bits per heavy atom. The maximum Gasteiger partial charge on any atom is 0.278 e. The van der Waals surface area contributed by atoms with Gasteiger partial charge in [-0.1, -0.05) is 35.9 Å². The molecule has 1 aliphatic rings. The molecule has 0 atom stereocenters. The van der Waals surface area contributed by atoms with E-state index in [2.05, 4.69) is 5.32 Å². The molecule has 5 heteroatoms. The minimum atomic E-state index is -0.317. The molecular weight excluding hydrogens is 360 g/mol. The van der Waals surface area contributed by atoms with Crippen molar-refractivity contribution in [1.82, 2.24) is 4.90 Å². The number of rotatable bonds is 4. The molecule has 2 amide bonds. The van der Waals surface area contributed by atoms with E-state index in [-0.39, 0.29) is 17.9 Å². The minimum absolute atomic E-state index is 0.230.